The van der Waals surface area contributed by atoms with Crippen molar-refractivity contribution in [1.82, 2.24) is 14.6 Å². The van der Waals surface area contributed by atoms with Gasteiger partial charge in [0.05, 0.1) is 11.7 Å². The highest BCUT2D eigenvalue weighted by Gasteiger charge is 2.09. The topological polar surface area (TPSA) is 33.1 Å². The van der Waals surface area contributed by atoms with Gasteiger partial charge in [-0.05, 0) is 28.1 Å². The first-order valence-corrected chi connectivity index (χ1v) is 4.85. The van der Waals surface area contributed by atoms with Crippen molar-refractivity contribution in [3.05, 3.63) is 34.7 Å². The molecule has 0 radical (unpaired) electrons. The van der Waals surface area contributed by atoms with Gasteiger partial charge in [0.2, 0.25) is 0 Å². The lowest BCUT2D eigenvalue weighted by Crippen LogP contribution is -1.84. The Morgan fingerprint density at radius 2 is 2.29 bits per heavy atom. The van der Waals surface area contributed by atoms with Gasteiger partial charge in [0, 0.05) is 10.5 Å². The van der Waals surface area contributed by atoms with Crippen LogP contribution in [0.25, 0.3) is 16.7 Å². The molecule has 5 heteroatoms. The molecule has 1 N–H and O–H groups in total. The summed E-state index contributed by atoms with van der Waals surface area (Å²) < 4.78 is 15.5. The van der Waals surface area contributed by atoms with Crippen LogP contribution in [0.5, 0.6) is 0 Å². The van der Waals surface area contributed by atoms with Gasteiger partial charge in [0.1, 0.15) is 17.0 Å². The SMILES string of the molecule is Fc1cc(Br)c2c(c1)[nH]c1ccnn12. The summed E-state index contributed by atoms with van der Waals surface area (Å²) in [6, 6.07) is 4.72. The minimum atomic E-state index is -0.270. The van der Waals surface area contributed by atoms with Crippen molar-refractivity contribution >= 4 is 32.6 Å². The highest BCUT2D eigenvalue weighted by Crippen LogP contribution is 2.25. The number of fused-ring (bicyclic) bond motifs is 3. The Hall–Kier alpha value is -1.36. The smallest absolute Gasteiger partial charge is 0.134 e. The molecular weight excluding hydrogens is 249 g/mol. The highest BCUT2D eigenvalue weighted by atomic mass is 79.9. The van der Waals surface area contributed by atoms with Crippen molar-refractivity contribution in [2.45, 2.75) is 0 Å². The predicted octanol–water partition coefficient (Wildman–Crippen LogP) is 2.72. The Morgan fingerprint density at radius 1 is 1.43 bits per heavy atom. The number of imidazole rings is 1. The van der Waals surface area contributed by atoms with Crippen LogP contribution >= 0.6 is 15.9 Å². The molecule has 0 spiro atoms. The fourth-order valence-corrected chi connectivity index (χ4v) is 2.19. The molecule has 3 aromatic rings. The molecule has 70 valence electrons. The van der Waals surface area contributed by atoms with E-state index in [1.54, 1.807) is 10.7 Å². The maximum atomic E-state index is 13.1. The average Bonchev–Trinajstić information content (AvgIpc) is 2.60. The van der Waals surface area contributed by atoms with E-state index < -0.39 is 0 Å². The molecule has 0 saturated carbocycles. The molecule has 0 bridgehead atoms. The van der Waals surface area contributed by atoms with E-state index in [1.165, 1.54) is 12.1 Å². The van der Waals surface area contributed by atoms with Gasteiger partial charge in [0.25, 0.3) is 0 Å². The fraction of sp³-hybridized carbons (Fsp3) is 0. The number of aromatic nitrogens is 3. The summed E-state index contributed by atoms with van der Waals surface area (Å²) in [6.45, 7) is 0. The van der Waals surface area contributed by atoms with Crippen molar-refractivity contribution in [2.75, 3.05) is 0 Å². The van der Waals surface area contributed by atoms with Crippen LogP contribution in [0.1, 0.15) is 0 Å². The van der Waals surface area contributed by atoms with Gasteiger partial charge in [-0.15, -0.1) is 0 Å². The zero-order valence-electron chi connectivity index (χ0n) is 6.96. The van der Waals surface area contributed by atoms with Crippen LogP contribution in [0.2, 0.25) is 0 Å². The lowest BCUT2D eigenvalue weighted by Gasteiger charge is -1.94. The summed E-state index contributed by atoms with van der Waals surface area (Å²) in [5.74, 6) is -0.270. The number of H-pyrrole nitrogens is 1. The zero-order valence-corrected chi connectivity index (χ0v) is 8.55. The first kappa shape index (κ1) is 7.99. The second-order valence-corrected chi connectivity index (χ2v) is 3.89. The molecule has 2 aromatic heterocycles. The quantitative estimate of drug-likeness (QED) is 0.657. The number of benzene rings is 1. The molecule has 14 heavy (non-hydrogen) atoms. The monoisotopic (exact) mass is 253 g/mol. The first-order valence-electron chi connectivity index (χ1n) is 4.06. The van der Waals surface area contributed by atoms with Crippen LogP contribution in [-0.2, 0) is 0 Å². The average molecular weight is 254 g/mol. The Morgan fingerprint density at radius 3 is 3.14 bits per heavy atom. The Kier molecular flexibility index (Phi) is 1.47. The van der Waals surface area contributed by atoms with Crippen molar-refractivity contribution < 1.29 is 4.39 Å². The normalized spacial score (nSPS) is 11.6. The maximum Gasteiger partial charge on any atom is 0.134 e. The van der Waals surface area contributed by atoms with Gasteiger partial charge in [-0.3, -0.25) is 0 Å². The zero-order chi connectivity index (χ0) is 9.71. The van der Waals surface area contributed by atoms with Crippen LogP contribution < -0.4 is 0 Å². The number of hydrogen-bond acceptors (Lipinski definition) is 1. The molecule has 0 aliphatic heterocycles. The van der Waals surface area contributed by atoms with E-state index in [9.17, 15) is 4.39 Å². The van der Waals surface area contributed by atoms with E-state index in [1.807, 2.05) is 6.07 Å². The van der Waals surface area contributed by atoms with E-state index in [4.69, 9.17) is 0 Å². The second kappa shape index (κ2) is 2.57. The summed E-state index contributed by atoms with van der Waals surface area (Å²) in [5.41, 5.74) is 2.44. The molecular formula is C9H5BrFN3. The van der Waals surface area contributed by atoms with E-state index in [0.717, 1.165) is 16.7 Å². The van der Waals surface area contributed by atoms with Crippen LogP contribution in [-0.4, -0.2) is 14.6 Å². The Bertz CT molecular complexity index is 625. The second-order valence-electron chi connectivity index (χ2n) is 3.04. The molecule has 0 aliphatic carbocycles. The number of nitrogens with zero attached hydrogens (tertiary/aromatic N) is 2. The molecule has 0 atom stereocenters. The highest BCUT2D eigenvalue weighted by molar-refractivity contribution is 9.10. The molecule has 0 aliphatic rings. The van der Waals surface area contributed by atoms with E-state index >= 15 is 0 Å². The number of rotatable bonds is 0. The summed E-state index contributed by atoms with van der Waals surface area (Å²) >= 11 is 3.31. The van der Waals surface area contributed by atoms with Crippen LogP contribution in [0, 0.1) is 5.82 Å². The molecule has 2 heterocycles. The molecule has 0 amide bonds. The van der Waals surface area contributed by atoms with Crippen molar-refractivity contribution in [3.8, 4) is 0 Å². The Balaban J connectivity index is 2.62. The third kappa shape index (κ3) is 0.928. The molecule has 3 nitrogen and oxygen atoms in total. The molecule has 0 saturated heterocycles. The van der Waals surface area contributed by atoms with Crippen molar-refractivity contribution in [3.63, 3.8) is 0 Å². The van der Waals surface area contributed by atoms with Crippen LogP contribution in [0.4, 0.5) is 4.39 Å². The van der Waals surface area contributed by atoms with E-state index in [-0.39, 0.29) is 5.82 Å². The van der Waals surface area contributed by atoms with Gasteiger partial charge in [0.15, 0.2) is 0 Å². The lowest BCUT2D eigenvalue weighted by atomic mass is 10.3. The predicted molar refractivity (Wildman–Crippen MR) is 54.7 cm³/mol. The molecule has 0 fully saturated rings. The number of hydrogen-bond donors (Lipinski definition) is 1. The first-order chi connectivity index (χ1) is 6.75. The van der Waals surface area contributed by atoms with Gasteiger partial charge in [-0.25, -0.2) is 8.91 Å². The minimum Gasteiger partial charge on any atom is -0.338 e. The summed E-state index contributed by atoms with van der Waals surface area (Å²) in [6.07, 6.45) is 1.70. The molecule has 1 aromatic carbocycles. The van der Waals surface area contributed by atoms with Crippen molar-refractivity contribution in [1.29, 1.82) is 0 Å². The van der Waals surface area contributed by atoms with Gasteiger partial charge in [-0.1, -0.05) is 0 Å². The lowest BCUT2D eigenvalue weighted by molar-refractivity contribution is 0.628. The van der Waals surface area contributed by atoms with Crippen LogP contribution in [0.3, 0.4) is 0 Å². The van der Waals surface area contributed by atoms with Gasteiger partial charge in [-0.2, -0.15) is 5.10 Å². The fourth-order valence-electron chi connectivity index (χ4n) is 1.59. The summed E-state index contributed by atoms with van der Waals surface area (Å²) in [5, 5.41) is 4.13. The molecule has 0 unspecified atom stereocenters. The number of halogens is 2. The van der Waals surface area contributed by atoms with Crippen LogP contribution in [0.15, 0.2) is 28.9 Å². The summed E-state index contributed by atoms with van der Waals surface area (Å²) in [7, 11) is 0. The summed E-state index contributed by atoms with van der Waals surface area (Å²) in [4.78, 5) is 3.07. The number of nitrogens with one attached hydrogen (secondary N) is 1. The van der Waals surface area contributed by atoms with Crippen molar-refractivity contribution in [2.24, 2.45) is 0 Å². The maximum absolute atomic E-state index is 13.1. The Labute approximate surface area is 86.7 Å². The minimum absolute atomic E-state index is 0.270. The third-order valence-electron chi connectivity index (χ3n) is 2.15. The largest absolute Gasteiger partial charge is 0.338 e. The van der Waals surface area contributed by atoms with Gasteiger partial charge >= 0.3 is 0 Å². The molecule has 3 rings (SSSR count). The standard InChI is InChI=1S/C9H5BrFN3/c10-6-3-5(11)4-7-9(6)14-8(13-7)1-2-12-14/h1-4,13H. The van der Waals surface area contributed by atoms with E-state index in [0.29, 0.717) is 4.47 Å². The third-order valence-corrected chi connectivity index (χ3v) is 2.75. The van der Waals surface area contributed by atoms with E-state index in [2.05, 4.69) is 26.0 Å². The number of aromatic amines is 1. The van der Waals surface area contributed by atoms with Gasteiger partial charge < -0.3 is 4.98 Å².